The van der Waals surface area contributed by atoms with E-state index < -0.39 is 0 Å². The summed E-state index contributed by atoms with van der Waals surface area (Å²) in [6, 6.07) is 0. The van der Waals surface area contributed by atoms with Crippen molar-refractivity contribution in [2.45, 2.75) is 136 Å². The highest BCUT2D eigenvalue weighted by atomic mass is 16.5. The smallest absolute Gasteiger partial charge is 0.0706 e. The van der Waals surface area contributed by atoms with Crippen molar-refractivity contribution >= 4 is 0 Å². The van der Waals surface area contributed by atoms with E-state index in [1.807, 2.05) is 7.11 Å². The van der Waals surface area contributed by atoms with Crippen LogP contribution in [0.5, 0.6) is 0 Å². The molecule has 36 heavy (non-hydrogen) atoms. The van der Waals surface area contributed by atoms with Gasteiger partial charge < -0.3 is 4.74 Å². The molecule has 0 aliphatic carbocycles. The lowest BCUT2D eigenvalue weighted by Crippen LogP contribution is -2.50. The summed E-state index contributed by atoms with van der Waals surface area (Å²) in [6.45, 7) is 41.9. The fourth-order valence-electron chi connectivity index (χ4n) is 7.39. The molecule has 218 valence electrons. The Kier molecular flexibility index (Phi) is 15.5. The summed E-state index contributed by atoms with van der Waals surface area (Å²) in [7, 11) is 1.97. The zero-order valence-corrected chi connectivity index (χ0v) is 28.4. The lowest BCUT2D eigenvalue weighted by atomic mass is 9.61. The van der Waals surface area contributed by atoms with E-state index in [-0.39, 0.29) is 5.60 Å². The summed E-state index contributed by atoms with van der Waals surface area (Å²) in [4.78, 5) is 0. The van der Waals surface area contributed by atoms with Crippen LogP contribution >= 0.6 is 0 Å². The van der Waals surface area contributed by atoms with Crippen LogP contribution in [-0.2, 0) is 4.74 Å². The molecule has 14 atom stereocenters. The van der Waals surface area contributed by atoms with Crippen molar-refractivity contribution in [3.8, 4) is 0 Å². The Balaban J connectivity index is 5.67. The SMILES string of the molecule is CCC(C)C(C)C(C)C(C)C(C)C(C)C(C)C(C)(OC)C(C)C(C)C(C)C(C)C(C)C(C)C(C)CC. The Hall–Kier alpha value is -0.0400. The zero-order valence-electron chi connectivity index (χ0n) is 28.4. The van der Waals surface area contributed by atoms with Crippen molar-refractivity contribution in [2.75, 3.05) is 7.11 Å². The first kappa shape index (κ1) is 36.0. The van der Waals surface area contributed by atoms with Gasteiger partial charge in [-0.05, 0) is 89.8 Å². The van der Waals surface area contributed by atoms with Gasteiger partial charge in [0.25, 0.3) is 0 Å². The second-order valence-corrected chi connectivity index (χ2v) is 14.3. The Bertz CT molecular complexity index is 537. The normalized spacial score (nSPS) is 26.2. The predicted molar refractivity (Wildman–Crippen MR) is 164 cm³/mol. The first-order chi connectivity index (χ1) is 16.5. The van der Waals surface area contributed by atoms with Gasteiger partial charge in [-0.25, -0.2) is 0 Å². The fourth-order valence-corrected chi connectivity index (χ4v) is 7.39. The molecule has 0 radical (unpaired) electrons. The summed E-state index contributed by atoms with van der Waals surface area (Å²) >= 11 is 0. The van der Waals surface area contributed by atoms with Crippen molar-refractivity contribution in [1.82, 2.24) is 0 Å². The van der Waals surface area contributed by atoms with Crippen LogP contribution in [-0.4, -0.2) is 12.7 Å². The molecule has 0 rings (SSSR count). The molecule has 0 saturated heterocycles. The van der Waals surface area contributed by atoms with E-state index in [1.54, 1.807) is 0 Å². The predicted octanol–water partition coefficient (Wildman–Crippen LogP) is 11.1. The molecule has 0 amide bonds. The van der Waals surface area contributed by atoms with Crippen LogP contribution in [0.25, 0.3) is 0 Å². The third-order valence-corrected chi connectivity index (χ3v) is 13.5. The van der Waals surface area contributed by atoms with Crippen LogP contribution in [0.1, 0.15) is 131 Å². The summed E-state index contributed by atoms with van der Waals surface area (Å²) in [5.74, 6) is 9.60. The van der Waals surface area contributed by atoms with E-state index in [9.17, 15) is 0 Å². The first-order valence-electron chi connectivity index (χ1n) is 16.0. The lowest BCUT2D eigenvalue weighted by molar-refractivity contribution is -0.124. The number of ether oxygens (including phenoxy) is 1. The minimum Gasteiger partial charge on any atom is -0.378 e. The Labute approximate surface area is 230 Å². The molecule has 0 aliphatic heterocycles. The molecule has 0 saturated carbocycles. The van der Waals surface area contributed by atoms with Gasteiger partial charge in [0.1, 0.15) is 0 Å². The summed E-state index contributed by atoms with van der Waals surface area (Å²) < 4.78 is 6.49. The average Bonchev–Trinajstić information content (AvgIpc) is 2.90. The maximum absolute atomic E-state index is 6.49. The molecule has 0 fully saturated rings. The highest BCUT2D eigenvalue weighted by Gasteiger charge is 2.45. The second-order valence-electron chi connectivity index (χ2n) is 14.3. The van der Waals surface area contributed by atoms with Crippen molar-refractivity contribution in [1.29, 1.82) is 0 Å². The Morgan fingerprint density at radius 3 is 0.861 bits per heavy atom. The van der Waals surface area contributed by atoms with Gasteiger partial charge in [0.2, 0.25) is 0 Å². The molecule has 0 aromatic heterocycles. The molecular formula is C35H72O. The Morgan fingerprint density at radius 2 is 0.639 bits per heavy atom. The summed E-state index contributed by atoms with van der Waals surface area (Å²) in [5.41, 5.74) is -0.127. The van der Waals surface area contributed by atoms with Crippen LogP contribution < -0.4 is 0 Å². The monoisotopic (exact) mass is 509 g/mol. The van der Waals surface area contributed by atoms with Crippen LogP contribution in [0, 0.1) is 82.9 Å². The third kappa shape index (κ3) is 8.23. The molecule has 0 heterocycles. The molecule has 1 heteroatoms. The largest absolute Gasteiger partial charge is 0.378 e. The average molecular weight is 509 g/mol. The molecule has 0 aromatic rings. The fraction of sp³-hybridized carbons (Fsp3) is 1.00. The molecular weight excluding hydrogens is 436 g/mol. The highest BCUT2D eigenvalue weighted by Crippen LogP contribution is 2.46. The van der Waals surface area contributed by atoms with E-state index in [1.165, 1.54) is 12.8 Å². The van der Waals surface area contributed by atoms with Gasteiger partial charge >= 0.3 is 0 Å². The topological polar surface area (TPSA) is 9.23 Å². The van der Waals surface area contributed by atoms with Gasteiger partial charge in [-0.2, -0.15) is 0 Å². The van der Waals surface area contributed by atoms with Gasteiger partial charge in [0.05, 0.1) is 5.60 Å². The molecule has 14 unspecified atom stereocenters. The van der Waals surface area contributed by atoms with E-state index in [0.717, 1.165) is 35.5 Å². The number of hydrogen-bond acceptors (Lipinski definition) is 1. The molecule has 0 aliphatic rings. The van der Waals surface area contributed by atoms with E-state index in [4.69, 9.17) is 4.74 Å². The zero-order chi connectivity index (χ0) is 28.7. The van der Waals surface area contributed by atoms with Crippen molar-refractivity contribution in [3.63, 3.8) is 0 Å². The number of rotatable bonds is 17. The number of hydrogen-bond donors (Lipinski definition) is 0. The van der Waals surface area contributed by atoms with Gasteiger partial charge in [-0.3, -0.25) is 0 Å². The van der Waals surface area contributed by atoms with Crippen molar-refractivity contribution in [2.24, 2.45) is 82.9 Å². The van der Waals surface area contributed by atoms with Crippen molar-refractivity contribution in [3.05, 3.63) is 0 Å². The third-order valence-electron chi connectivity index (χ3n) is 13.5. The first-order valence-corrected chi connectivity index (χ1v) is 16.0. The van der Waals surface area contributed by atoms with E-state index >= 15 is 0 Å². The minimum atomic E-state index is -0.127. The molecule has 1 nitrogen and oxygen atoms in total. The van der Waals surface area contributed by atoms with Gasteiger partial charge in [-0.1, -0.05) is 124 Å². The molecule has 0 bridgehead atoms. The maximum atomic E-state index is 6.49. The van der Waals surface area contributed by atoms with Gasteiger partial charge in [0.15, 0.2) is 0 Å². The van der Waals surface area contributed by atoms with E-state index in [2.05, 4.69) is 118 Å². The van der Waals surface area contributed by atoms with E-state index in [0.29, 0.717) is 47.3 Å². The van der Waals surface area contributed by atoms with Crippen molar-refractivity contribution < 1.29 is 4.74 Å². The Morgan fingerprint density at radius 1 is 0.417 bits per heavy atom. The van der Waals surface area contributed by atoms with Gasteiger partial charge in [-0.15, -0.1) is 0 Å². The van der Waals surface area contributed by atoms with Crippen LogP contribution in [0.2, 0.25) is 0 Å². The van der Waals surface area contributed by atoms with Crippen LogP contribution in [0.3, 0.4) is 0 Å². The molecule has 0 aromatic carbocycles. The number of methoxy groups -OCH3 is 1. The highest BCUT2D eigenvalue weighted by molar-refractivity contribution is 4.95. The van der Waals surface area contributed by atoms with Gasteiger partial charge in [0, 0.05) is 7.11 Å². The summed E-state index contributed by atoms with van der Waals surface area (Å²) in [5, 5.41) is 0. The molecule has 0 spiro atoms. The quantitative estimate of drug-likeness (QED) is 0.190. The molecule has 0 N–H and O–H groups in total. The van der Waals surface area contributed by atoms with Crippen LogP contribution in [0.4, 0.5) is 0 Å². The second kappa shape index (κ2) is 15.5. The van der Waals surface area contributed by atoms with Crippen LogP contribution in [0.15, 0.2) is 0 Å². The maximum Gasteiger partial charge on any atom is 0.0706 e. The summed E-state index contributed by atoms with van der Waals surface area (Å²) in [6.07, 6.45) is 2.56. The minimum absolute atomic E-state index is 0.127. The standard InChI is InChI=1S/C35H72O/c1-19-21(3)23(5)25(7)27(9)29(11)31(13)33(15)35(17,36-18)34(16)32(14)30(12)28(10)26(8)24(6)22(4)20-2/h21-34H,19-20H2,1-18H3. The lowest BCUT2D eigenvalue weighted by Gasteiger charge is -2.49.